The number of ether oxygens (including phenoxy) is 1. The van der Waals surface area contributed by atoms with Crippen LogP contribution in [0.5, 0.6) is 5.75 Å². The van der Waals surface area contributed by atoms with Crippen LogP contribution in [0.25, 0.3) is 0 Å². The molecule has 2 N–H and O–H groups in total. The standard InChI is InChI=1S/C13H18N2O2S/c14-11-2-4-12(5-3-11)17-10-13(16)15-6-1-8-18-9-7-15/h2-5H,1,6-10,14H2. The number of nitrogens with two attached hydrogens (primary N) is 1. The van der Waals surface area contributed by atoms with Gasteiger partial charge in [0, 0.05) is 24.5 Å². The average molecular weight is 266 g/mol. The van der Waals surface area contributed by atoms with Crippen molar-refractivity contribution in [2.75, 3.05) is 36.9 Å². The Morgan fingerprint density at radius 3 is 2.83 bits per heavy atom. The Balaban J connectivity index is 1.81. The first-order valence-electron chi connectivity index (χ1n) is 6.09. The Labute approximate surface area is 111 Å². The molecule has 4 nitrogen and oxygen atoms in total. The molecule has 5 heteroatoms. The monoisotopic (exact) mass is 266 g/mol. The first-order valence-corrected chi connectivity index (χ1v) is 7.25. The highest BCUT2D eigenvalue weighted by atomic mass is 32.2. The van der Waals surface area contributed by atoms with Crippen molar-refractivity contribution in [1.82, 2.24) is 4.90 Å². The molecule has 0 atom stereocenters. The highest BCUT2D eigenvalue weighted by Gasteiger charge is 2.15. The fraction of sp³-hybridized carbons (Fsp3) is 0.462. The van der Waals surface area contributed by atoms with Crippen LogP contribution >= 0.6 is 11.8 Å². The van der Waals surface area contributed by atoms with E-state index in [1.54, 1.807) is 24.3 Å². The van der Waals surface area contributed by atoms with Gasteiger partial charge in [0.25, 0.3) is 5.91 Å². The van der Waals surface area contributed by atoms with Crippen molar-refractivity contribution in [1.29, 1.82) is 0 Å². The van der Waals surface area contributed by atoms with E-state index >= 15 is 0 Å². The Hall–Kier alpha value is -1.36. The first-order chi connectivity index (χ1) is 8.75. The van der Waals surface area contributed by atoms with Crippen molar-refractivity contribution >= 4 is 23.4 Å². The molecule has 2 rings (SSSR count). The van der Waals surface area contributed by atoms with E-state index in [2.05, 4.69) is 0 Å². The normalized spacial score (nSPS) is 16.1. The SMILES string of the molecule is Nc1ccc(OCC(=O)N2CCCSCC2)cc1. The summed E-state index contributed by atoms with van der Waals surface area (Å²) in [6.07, 6.45) is 1.07. The number of carbonyl (C=O) groups excluding carboxylic acids is 1. The van der Waals surface area contributed by atoms with Crippen molar-refractivity contribution in [3.8, 4) is 5.75 Å². The molecule has 98 valence electrons. The van der Waals surface area contributed by atoms with Crippen LogP contribution in [0.3, 0.4) is 0 Å². The molecule has 1 fully saturated rings. The molecule has 1 aliphatic rings. The summed E-state index contributed by atoms with van der Waals surface area (Å²) in [5.74, 6) is 2.91. The van der Waals surface area contributed by atoms with E-state index in [4.69, 9.17) is 10.5 Å². The number of hydrogen-bond donors (Lipinski definition) is 1. The van der Waals surface area contributed by atoms with E-state index in [1.807, 2.05) is 16.7 Å². The molecule has 0 saturated carbocycles. The van der Waals surface area contributed by atoms with Crippen molar-refractivity contribution in [3.05, 3.63) is 24.3 Å². The van der Waals surface area contributed by atoms with Crippen LogP contribution in [0, 0.1) is 0 Å². The van der Waals surface area contributed by atoms with Gasteiger partial charge < -0.3 is 15.4 Å². The van der Waals surface area contributed by atoms with Crippen molar-refractivity contribution in [2.24, 2.45) is 0 Å². The number of anilines is 1. The van der Waals surface area contributed by atoms with Crippen LogP contribution in [-0.2, 0) is 4.79 Å². The summed E-state index contributed by atoms with van der Waals surface area (Å²) in [5, 5.41) is 0. The average Bonchev–Trinajstić information content (AvgIpc) is 2.66. The minimum atomic E-state index is 0.0642. The number of nitrogens with zero attached hydrogens (tertiary/aromatic N) is 1. The minimum Gasteiger partial charge on any atom is -0.484 e. The van der Waals surface area contributed by atoms with Gasteiger partial charge in [0.2, 0.25) is 0 Å². The molecule has 1 aromatic carbocycles. The maximum Gasteiger partial charge on any atom is 0.260 e. The molecule has 18 heavy (non-hydrogen) atoms. The third kappa shape index (κ3) is 3.84. The second kappa shape index (κ2) is 6.54. The molecule has 1 aliphatic heterocycles. The fourth-order valence-corrected chi connectivity index (χ4v) is 2.68. The molecule has 0 bridgehead atoms. The molecule has 0 radical (unpaired) electrons. The van der Waals surface area contributed by atoms with Crippen LogP contribution in [-0.4, -0.2) is 42.0 Å². The molecule has 1 aromatic rings. The second-order valence-corrected chi connectivity index (χ2v) is 5.43. The van der Waals surface area contributed by atoms with Crippen LogP contribution in [0.4, 0.5) is 5.69 Å². The van der Waals surface area contributed by atoms with E-state index in [0.29, 0.717) is 11.4 Å². The van der Waals surface area contributed by atoms with Crippen LogP contribution in [0.1, 0.15) is 6.42 Å². The van der Waals surface area contributed by atoms with Crippen molar-refractivity contribution in [2.45, 2.75) is 6.42 Å². The van der Waals surface area contributed by atoms with Gasteiger partial charge in [-0.15, -0.1) is 0 Å². The van der Waals surface area contributed by atoms with Gasteiger partial charge in [-0.05, 0) is 36.4 Å². The summed E-state index contributed by atoms with van der Waals surface area (Å²) < 4.78 is 5.46. The zero-order valence-corrected chi connectivity index (χ0v) is 11.1. The van der Waals surface area contributed by atoms with Crippen LogP contribution in [0.15, 0.2) is 24.3 Å². The highest BCUT2D eigenvalue weighted by Crippen LogP contribution is 2.14. The van der Waals surface area contributed by atoms with E-state index in [0.717, 1.165) is 31.0 Å². The molecule has 0 aliphatic carbocycles. The highest BCUT2D eigenvalue weighted by molar-refractivity contribution is 7.99. The zero-order valence-electron chi connectivity index (χ0n) is 10.3. The van der Waals surface area contributed by atoms with Crippen molar-refractivity contribution in [3.63, 3.8) is 0 Å². The summed E-state index contributed by atoms with van der Waals surface area (Å²) in [6, 6.07) is 7.09. The Kier molecular flexibility index (Phi) is 4.75. The quantitative estimate of drug-likeness (QED) is 0.845. The lowest BCUT2D eigenvalue weighted by molar-refractivity contribution is -0.133. The minimum absolute atomic E-state index is 0.0642. The number of hydrogen-bond acceptors (Lipinski definition) is 4. The lowest BCUT2D eigenvalue weighted by Crippen LogP contribution is -2.36. The molecule has 0 spiro atoms. The number of carbonyl (C=O) groups is 1. The van der Waals surface area contributed by atoms with Gasteiger partial charge in [-0.2, -0.15) is 11.8 Å². The summed E-state index contributed by atoms with van der Waals surface area (Å²) in [4.78, 5) is 13.8. The summed E-state index contributed by atoms with van der Waals surface area (Å²) >= 11 is 1.90. The largest absolute Gasteiger partial charge is 0.484 e. The number of nitrogen functional groups attached to an aromatic ring is 1. The van der Waals surface area contributed by atoms with Crippen LogP contribution in [0.2, 0.25) is 0 Å². The van der Waals surface area contributed by atoms with Gasteiger partial charge in [-0.1, -0.05) is 0 Å². The molecule has 1 amide bonds. The van der Waals surface area contributed by atoms with Gasteiger partial charge >= 0.3 is 0 Å². The topological polar surface area (TPSA) is 55.6 Å². The third-order valence-corrected chi connectivity index (χ3v) is 3.87. The second-order valence-electron chi connectivity index (χ2n) is 4.20. The Morgan fingerprint density at radius 1 is 1.28 bits per heavy atom. The number of amides is 1. The van der Waals surface area contributed by atoms with Gasteiger partial charge in [0.15, 0.2) is 6.61 Å². The molecule has 1 saturated heterocycles. The Bertz CT molecular complexity index is 386. The maximum atomic E-state index is 12.0. The first kappa shape index (κ1) is 13.1. The molecule has 1 heterocycles. The number of thioether (sulfide) groups is 1. The van der Waals surface area contributed by atoms with E-state index in [9.17, 15) is 4.79 Å². The fourth-order valence-electron chi connectivity index (χ4n) is 1.80. The zero-order chi connectivity index (χ0) is 12.8. The molecular weight excluding hydrogens is 248 g/mol. The van der Waals surface area contributed by atoms with Crippen molar-refractivity contribution < 1.29 is 9.53 Å². The lowest BCUT2D eigenvalue weighted by atomic mass is 10.3. The summed E-state index contributed by atoms with van der Waals surface area (Å²) in [7, 11) is 0. The van der Waals surface area contributed by atoms with Crippen LogP contribution < -0.4 is 10.5 Å². The number of benzene rings is 1. The molecular formula is C13H18N2O2S. The summed E-state index contributed by atoms with van der Waals surface area (Å²) in [5.41, 5.74) is 6.28. The Morgan fingerprint density at radius 2 is 2.06 bits per heavy atom. The molecule has 0 aromatic heterocycles. The predicted molar refractivity (Wildman–Crippen MR) is 74.9 cm³/mol. The number of rotatable bonds is 3. The third-order valence-electron chi connectivity index (χ3n) is 2.82. The smallest absolute Gasteiger partial charge is 0.260 e. The molecule has 0 unspecified atom stereocenters. The predicted octanol–water partition coefficient (Wildman–Crippen LogP) is 1.61. The van der Waals surface area contributed by atoms with Gasteiger partial charge in [-0.25, -0.2) is 0 Å². The van der Waals surface area contributed by atoms with E-state index in [-0.39, 0.29) is 12.5 Å². The van der Waals surface area contributed by atoms with E-state index < -0.39 is 0 Å². The van der Waals surface area contributed by atoms with E-state index in [1.165, 1.54) is 0 Å². The van der Waals surface area contributed by atoms with Gasteiger partial charge in [-0.3, -0.25) is 4.79 Å². The summed E-state index contributed by atoms with van der Waals surface area (Å²) in [6.45, 7) is 1.78. The van der Waals surface area contributed by atoms with Gasteiger partial charge in [0.1, 0.15) is 5.75 Å². The van der Waals surface area contributed by atoms with Gasteiger partial charge in [0.05, 0.1) is 0 Å². The lowest BCUT2D eigenvalue weighted by Gasteiger charge is -2.19. The maximum absolute atomic E-state index is 12.0.